The van der Waals surface area contributed by atoms with Crippen molar-refractivity contribution in [3.63, 3.8) is 0 Å². The van der Waals surface area contributed by atoms with E-state index in [1.54, 1.807) is 11.0 Å². The van der Waals surface area contributed by atoms with Gasteiger partial charge in [0.1, 0.15) is 5.82 Å². The first-order valence-corrected chi connectivity index (χ1v) is 9.84. The normalized spacial score (nSPS) is 18.0. The molecule has 1 fully saturated rings. The van der Waals surface area contributed by atoms with Crippen molar-refractivity contribution < 1.29 is 13.9 Å². The van der Waals surface area contributed by atoms with E-state index in [0.29, 0.717) is 32.0 Å². The maximum absolute atomic E-state index is 13.6. The summed E-state index contributed by atoms with van der Waals surface area (Å²) in [5.74, 6) is -0.315. The molecular formula is C22H26FN3O2. The van der Waals surface area contributed by atoms with Gasteiger partial charge in [-0.15, -0.1) is 0 Å². The first-order valence-electron chi connectivity index (χ1n) is 9.84. The molecule has 0 saturated carbocycles. The molecule has 0 bridgehead atoms. The van der Waals surface area contributed by atoms with Gasteiger partial charge in [-0.05, 0) is 36.6 Å². The summed E-state index contributed by atoms with van der Waals surface area (Å²) in [6.45, 7) is 6.25. The Kier molecular flexibility index (Phi) is 5.59. The van der Waals surface area contributed by atoms with E-state index in [1.165, 1.54) is 23.3 Å². The number of nitrogens with one attached hydrogen (secondary N) is 1. The fraction of sp³-hybridized carbons (Fsp3) is 0.409. The molecule has 1 unspecified atom stereocenters. The standard InChI is InChI=1S/C22H26FN3O2/c1-16-3-2-4-18(13-16)21(25-9-11-28-12-10-25)15-24-22(27)26-8-7-17-5-6-19(23)14-20(17)26/h2-6,13-14,21H,7-12,15H2,1H3,(H,24,27). The highest BCUT2D eigenvalue weighted by Gasteiger charge is 2.27. The summed E-state index contributed by atoms with van der Waals surface area (Å²) < 4.78 is 19.1. The number of hydrogen-bond donors (Lipinski definition) is 1. The van der Waals surface area contributed by atoms with Crippen molar-refractivity contribution in [2.75, 3.05) is 44.3 Å². The lowest BCUT2D eigenvalue weighted by atomic mass is 10.0. The first-order chi connectivity index (χ1) is 13.6. The summed E-state index contributed by atoms with van der Waals surface area (Å²) in [5, 5.41) is 3.08. The number of ether oxygens (including phenoxy) is 1. The summed E-state index contributed by atoms with van der Waals surface area (Å²) in [6, 6.07) is 13.0. The van der Waals surface area contributed by atoms with Crippen LogP contribution in [-0.2, 0) is 11.2 Å². The van der Waals surface area contributed by atoms with E-state index in [2.05, 4.69) is 41.4 Å². The third kappa shape index (κ3) is 4.03. The van der Waals surface area contributed by atoms with Gasteiger partial charge >= 0.3 is 6.03 Å². The Morgan fingerprint density at radius 1 is 1.18 bits per heavy atom. The number of rotatable bonds is 4. The second-order valence-corrected chi connectivity index (χ2v) is 7.44. The average Bonchev–Trinajstić information content (AvgIpc) is 3.12. The molecule has 28 heavy (non-hydrogen) atoms. The summed E-state index contributed by atoms with van der Waals surface area (Å²) in [4.78, 5) is 16.9. The van der Waals surface area contributed by atoms with Crippen LogP contribution in [-0.4, -0.2) is 50.3 Å². The molecule has 2 aromatic rings. The maximum Gasteiger partial charge on any atom is 0.321 e. The summed E-state index contributed by atoms with van der Waals surface area (Å²) >= 11 is 0. The van der Waals surface area contributed by atoms with E-state index in [-0.39, 0.29) is 17.9 Å². The van der Waals surface area contributed by atoms with Crippen molar-refractivity contribution >= 4 is 11.7 Å². The van der Waals surface area contributed by atoms with Crippen LogP contribution in [0.2, 0.25) is 0 Å². The minimum Gasteiger partial charge on any atom is -0.379 e. The van der Waals surface area contributed by atoms with Gasteiger partial charge in [0.05, 0.1) is 24.9 Å². The van der Waals surface area contributed by atoms with Crippen molar-refractivity contribution in [2.24, 2.45) is 0 Å². The van der Waals surface area contributed by atoms with Crippen LogP contribution in [0.25, 0.3) is 0 Å². The number of halogens is 1. The Hall–Kier alpha value is -2.44. The topological polar surface area (TPSA) is 44.8 Å². The molecule has 0 aromatic heterocycles. The van der Waals surface area contributed by atoms with Gasteiger partial charge in [-0.3, -0.25) is 9.80 Å². The second kappa shape index (κ2) is 8.29. The fourth-order valence-corrected chi connectivity index (χ4v) is 4.07. The lowest BCUT2D eigenvalue weighted by molar-refractivity contribution is 0.0167. The minimum absolute atomic E-state index is 0.0855. The molecule has 2 aliphatic rings. The lowest BCUT2D eigenvalue weighted by Crippen LogP contribution is -2.46. The fourth-order valence-electron chi connectivity index (χ4n) is 4.07. The molecule has 2 aliphatic heterocycles. The van der Waals surface area contributed by atoms with Gasteiger partial charge < -0.3 is 10.1 Å². The molecule has 0 aliphatic carbocycles. The lowest BCUT2D eigenvalue weighted by Gasteiger charge is -2.35. The summed E-state index contributed by atoms with van der Waals surface area (Å²) in [7, 11) is 0. The monoisotopic (exact) mass is 383 g/mol. The smallest absolute Gasteiger partial charge is 0.321 e. The number of carbonyl (C=O) groups is 1. The molecule has 148 valence electrons. The Bertz CT molecular complexity index is 851. The van der Waals surface area contributed by atoms with E-state index in [4.69, 9.17) is 4.74 Å². The molecule has 0 spiro atoms. The van der Waals surface area contributed by atoms with Gasteiger partial charge in [-0.2, -0.15) is 0 Å². The van der Waals surface area contributed by atoms with E-state index in [1.807, 2.05) is 0 Å². The molecular weight excluding hydrogens is 357 g/mol. The van der Waals surface area contributed by atoms with Gasteiger partial charge in [0.2, 0.25) is 0 Å². The summed E-state index contributed by atoms with van der Waals surface area (Å²) in [6.07, 6.45) is 0.758. The number of hydrogen-bond acceptors (Lipinski definition) is 3. The highest BCUT2D eigenvalue weighted by molar-refractivity contribution is 5.94. The highest BCUT2D eigenvalue weighted by atomic mass is 19.1. The zero-order valence-corrected chi connectivity index (χ0v) is 16.2. The van der Waals surface area contributed by atoms with E-state index < -0.39 is 0 Å². The van der Waals surface area contributed by atoms with Crippen LogP contribution in [0.4, 0.5) is 14.9 Å². The van der Waals surface area contributed by atoms with Gasteiger partial charge in [-0.1, -0.05) is 35.9 Å². The predicted octanol–water partition coefficient (Wildman–Crippen LogP) is 3.28. The van der Waals surface area contributed by atoms with Gasteiger partial charge in [0.25, 0.3) is 0 Å². The van der Waals surface area contributed by atoms with Crippen LogP contribution in [0.3, 0.4) is 0 Å². The Labute approximate surface area is 165 Å². The predicted molar refractivity (Wildman–Crippen MR) is 107 cm³/mol. The van der Waals surface area contributed by atoms with Crippen molar-refractivity contribution in [2.45, 2.75) is 19.4 Å². The number of urea groups is 1. The van der Waals surface area contributed by atoms with Crippen molar-refractivity contribution in [3.8, 4) is 0 Å². The molecule has 2 aromatic carbocycles. The van der Waals surface area contributed by atoms with E-state index >= 15 is 0 Å². The van der Waals surface area contributed by atoms with Crippen molar-refractivity contribution in [1.82, 2.24) is 10.2 Å². The van der Waals surface area contributed by atoms with Gasteiger partial charge in [0, 0.05) is 26.2 Å². The quantitative estimate of drug-likeness (QED) is 0.881. The van der Waals surface area contributed by atoms with Crippen LogP contribution in [0, 0.1) is 12.7 Å². The zero-order chi connectivity index (χ0) is 19.5. The Balaban J connectivity index is 1.49. The Morgan fingerprint density at radius 2 is 2.00 bits per heavy atom. The molecule has 1 N–H and O–H groups in total. The average molecular weight is 383 g/mol. The maximum atomic E-state index is 13.6. The number of benzene rings is 2. The number of nitrogens with zero attached hydrogens (tertiary/aromatic N) is 2. The number of amides is 2. The van der Waals surface area contributed by atoms with Crippen LogP contribution in [0.1, 0.15) is 22.7 Å². The molecule has 1 saturated heterocycles. The van der Waals surface area contributed by atoms with Crippen LogP contribution < -0.4 is 10.2 Å². The van der Waals surface area contributed by atoms with Gasteiger partial charge in [0.15, 0.2) is 0 Å². The number of carbonyl (C=O) groups excluding carboxylic acids is 1. The van der Waals surface area contributed by atoms with Crippen LogP contribution in [0.5, 0.6) is 0 Å². The van der Waals surface area contributed by atoms with Crippen molar-refractivity contribution in [3.05, 3.63) is 65.0 Å². The zero-order valence-electron chi connectivity index (χ0n) is 16.2. The van der Waals surface area contributed by atoms with E-state index in [0.717, 1.165) is 25.1 Å². The van der Waals surface area contributed by atoms with Crippen molar-refractivity contribution in [1.29, 1.82) is 0 Å². The largest absolute Gasteiger partial charge is 0.379 e. The summed E-state index contributed by atoms with van der Waals surface area (Å²) in [5.41, 5.74) is 4.08. The molecule has 2 heterocycles. The number of morpholine rings is 1. The SMILES string of the molecule is Cc1cccc(C(CNC(=O)N2CCc3ccc(F)cc32)N2CCOCC2)c1. The van der Waals surface area contributed by atoms with E-state index in [9.17, 15) is 9.18 Å². The number of fused-ring (bicyclic) bond motifs is 1. The molecule has 5 nitrogen and oxygen atoms in total. The molecule has 1 atom stereocenters. The molecule has 4 rings (SSSR count). The van der Waals surface area contributed by atoms with Crippen LogP contribution >= 0.6 is 0 Å². The molecule has 0 radical (unpaired) electrons. The second-order valence-electron chi connectivity index (χ2n) is 7.44. The number of aryl methyl sites for hydroxylation is 1. The van der Waals surface area contributed by atoms with Gasteiger partial charge in [-0.25, -0.2) is 9.18 Å². The first kappa shape index (κ1) is 18.9. The number of anilines is 1. The molecule has 2 amide bonds. The third-order valence-corrected chi connectivity index (χ3v) is 5.55. The minimum atomic E-state index is -0.315. The third-order valence-electron chi connectivity index (χ3n) is 5.55. The Morgan fingerprint density at radius 3 is 2.79 bits per heavy atom. The molecule has 6 heteroatoms. The highest BCUT2D eigenvalue weighted by Crippen LogP contribution is 2.29. The van der Waals surface area contributed by atoms with Crippen LogP contribution in [0.15, 0.2) is 42.5 Å².